The second kappa shape index (κ2) is 15.7. The van der Waals surface area contributed by atoms with Crippen molar-refractivity contribution in [2.75, 3.05) is 69.7 Å². The molecule has 2 aromatic heterocycles. The van der Waals surface area contributed by atoms with Crippen molar-refractivity contribution in [3.8, 4) is 5.88 Å². The van der Waals surface area contributed by atoms with Crippen molar-refractivity contribution in [3.63, 3.8) is 0 Å². The molecule has 2 aromatic rings. The number of carbonyl (C=O) groups excluding carboxylic acids is 2. The average molecular weight is 548 g/mol. The number of nitrogens with one attached hydrogen (secondary N) is 2. The first-order valence-electron chi connectivity index (χ1n) is 12.7. The van der Waals surface area contributed by atoms with Gasteiger partial charge in [0.15, 0.2) is 0 Å². The number of piperidine rings is 1. The lowest BCUT2D eigenvalue weighted by molar-refractivity contribution is -0.118. The minimum absolute atomic E-state index is 0.147. The van der Waals surface area contributed by atoms with Crippen LogP contribution in [0.2, 0.25) is 0 Å². The standard InChI is InChI=1S/C20H28N8O4S.C4H9N/c29-15-27-8-10-28(11-9-27)17-18(25-33-24-17)32-14-16-4-5-21-19(22-16)23-20(30)31-13-12-26-6-2-1-3-7-26;1-4(2)5-3/h4-5,15H,1-3,6-14H2,(H,21,22,23,30);5H,1H2,2-3H3. The fraction of sp³-hybridized carbons (Fsp3) is 0.583. The third-order valence-corrected chi connectivity index (χ3v) is 6.51. The summed E-state index contributed by atoms with van der Waals surface area (Å²) in [7, 11) is 1.85. The Bertz CT molecular complexity index is 1020. The average Bonchev–Trinajstić information content (AvgIpc) is 3.42. The number of likely N-dealkylation sites (tertiary alicyclic amines) is 1. The molecule has 4 rings (SSSR count). The molecule has 2 N–H and O–H groups in total. The fourth-order valence-electron chi connectivity index (χ4n) is 3.76. The summed E-state index contributed by atoms with van der Waals surface area (Å²) in [6.45, 7) is 11.4. The minimum Gasteiger partial charge on any atom is -0.468 e. The number of aromatic nitrogens is 4. The minimum atomic E-state index is -0.578. The zero-order valence-electron chi connectivity index (χ0n) is 22.1. The molecular formula is C24H37N9O4S. The summed E-state index contributed by atoms with van der Waals surface area (Å²) < 4.78 is 19.7. The third-order valence-electron chi connectivity index (χ3n) is 6.01. The Hall–Kier alpha value is -3.52. The summed E-state index contributed by atoms with van der Waals surface area (Å²) in [5.41, 5.74) is 1.59. The van der Waals surface area contributed by atoms with Crippen LogP contribution in [0.1, 0.15) is 31.9 Å². The van der Waals surface area contributed by atoms with Gasteiger partial charge in [0.1, 0.15) is 13.2 Å². The first-order valence-corrected chi connectivity index (χ1v) is 13.4. The van der Waals surface area contributed by atoms with E-state index < -0.39 is 6.09 Å². The summed E-state index contributed by atoms with van der Waals surface area (Å²) >= 11 is 1.07. The number of carbonyl (C=O) groups is 2. The Balaban J connectivity index is 0.000000732. The van der Waals surface area contributed by atoms with Crippen molar-refractivity contribution < 1.29 is 19.1 Å². The molecule has 0 atom stereocenters. The van der Waals surface area contributed by atoms with Gasteiger partial charge in [0.05, 0.1) is 17.4 Å². The highest BCUT2D eigenvalue weighted by atomic mass is 32.1. The molecule has 0 unspecified atom stereocenters. The van der Waals surface area contributed by atoms with Gasteiger partial charge < -0.3 is 24.6 Å². The summed E-state index contributed by atoms with van der Waals surface area (Å²) in [5.74, 6) is 1.24. The molecule has 2 aliphatic heterocycles. The van der Waals surface area contributed by atoms with Gasteiger partial charge in [-0.3, -0.25) is 15.0 Å². The predicted octanol–water partition coefficient (Wildman–Crippen LogP) is 1.96. The lowest BCUT2D eigenvalue weighted by Crippen LogP contribution is -2.45. The van der Waals surface area contributed by atoms with Gasteiger partial charge in [0.2, 0.25) is 18.2 Å². The van der Waals surface area contributed by atoms with E-state index in [1.807, 2.05) is 18.9 Å². The number of hydrogen-bond donors (Lipinski definition) is 2. The molecule has 2 fully saturated rings. The van der Waals surface area contributed by atoms with E-state index >= 15 is 0 Å². The van der Waals surface area contributed by atoms with Crippen molar-refractivity contribution >= 4 is 36.0 Å². The van der Waals surface area contributed by atoms with Crippen molar-refractivity contribution in [2.45, 2.75) is 32.8 Å². The number of allylic oxidation sites excluding steroid dienone is 1. The van der Waals surface area contributed by atoms with E-state index in [4.69, 9.17) is 9.47 Å². The summed E-state index contributed by atoms with van der Waals surface area (Å²) in [5, 5.41) is 5.39. The molecule has 0 aromatic carbocycles. The Kier molecular flexibility index (Phi) is 12.0. The molecule has 2 amide bonds. The van der Waals surface area contributed by atoms with Crippen LogP contribution in [0.5, 0.6) is 5.88 Å². The highest BCUT2D eigenvalue weighted by Crippen LogP contribution is 2.27. The van der Waals surface area contributed by atoms with Crippen LogP contribution in [-0.4, -0.2) is 100 Å². The maximum absolute atomic E-state index is 12.1. The lowest BCUT2D eigenvalue weighted by atomic mass is 10.1. The van der Waals surface area contributed by atoms with Crippen LogP contribution < -0.4 is 20.3 Å². The number of nitrogens with zero attached hydrogens (tertiary/aromatic N) is 7. The number of ether oxygens (including phenoxy) is 2. The van der Waals surface area contributed by atoms with Gasteiger partial charge in [-0.05, 0) is 44.6 Å². The molecule has 4 heterocycles. The molecule has 0 radical (unpaired) electrons. The second-order valence-electron chi connectivity index (χ2n) is 8.88. The lowest BCUT2D eigenvalue weighted by Gasteiger charge is -2.32. The first-order chi connectivity index (χ1) is 18.5. The maximum atomic E-state index is 12.1. The molecule has 14 heteroatoms. The van der Waals surface area contributed by atoms with Gasteiger partial charge in [-0.15, -0.1) is 4.37 Å². The Morgan fingerprint density at radius 1 is 1.16 bits per heavy atom. The topological polar surface area (TPSA) is 138 Å². The van der Waals surface area contributed by atoms with E-state index in [1.54, 1.807) is 17.2 Å². The van der Waals surface area contributed by atoms with Crippen molar-refractivity contribution in [1.29, 1.82) is 0 Å². The number of rotatable bonds is 10. The quantitative estimate of drug-likeness (QED) is 0.422. The molecular weight excluding hydrogens is 510 g/mol. The smallest absolute Gasteiger partial charge is 0.414 e. The van der Waals surface area contributed by atoms with Crippen molar-refractivity contribution in [1.82, 2.24) is 33.8 Å². The van der Waals surface area contributed by atoms with Gasteiger partial charge >= 0.3 is 6.09 Å². The van der Waals surface area contributed by atoms with Crippen LogP contribution in [0.3, 0.4) is 0 Å². The zero-order chi connectivity index (χ0) is 27.2. The molecule has 0 spiro atoms. The number of piperazine rings is 1. The largest absolute Gasteiger partial charge is 0.468 e. The van der Waals surface area contributed by atoms with Crippen LogP contribution in [0.4, 0.5) is 16.6 Å². The Labute approximate surface area is 227 Å². The van der Waals surface area contributed by atoms with E-state index in [0.29, 0.717) is 50.2 Å². The molecule has 0 bridgehead atoms. The molecule has 208 valence electrons. The van der Waals surface area contributed by atoms with Crippen LogP contribution in [-0.2, 0) is 16.1 Å². The maximum Gasteiger partial charge on any atom is 0.414 e. The van der Waals surface area contributed by atoms with Crippen molar-refractivity contribution in [3.05, 3.63) is 30.2 Å². The zero-order valence-corrected chi connectivity index (χ0v) is 22.9. The number of anilines is 2. The number of hydrogen-bond acceptors (Lipinski definition) is 12. The Morgan fingerprint density at radius 2 is 1.89 bits per heavy atom. The van der Waals surface area contributed by atoms with Gasteiger partial charge in [0.25, 0.3) is 5.88 Å². The fourth-order valence-corrected chi connectivity index (χ4v) is 4.28. The highest BCUT2D eigenvalue weighted by Gasteiger charge is 2.22. The third kappa shape index (κ3) is 9.74. The second-order valence-corrected chi connectivity index (χ2v) is 9.40. The normalized spacial score (nSPS) is 15.6. The van der Waals surface area contributed by atoms with E-state index in [2.05, 4.69) is 40.8 Å². The van der Waals surface area contributed by atoms with Crippen LogP contribution in [0.25, 0.3) is 0 Å². The van der Waals surface area contributed by atoms with E-state index in [0.717, 1.165) is 43.5 Å². The first kappa shape index (κ1) is 29.0. The van der Waals surface area contributed by atoms with Crippen LogP contribution in [0.15, 0.2) is 24.5 Å². The molecule has 0 saturated carbocycles. The highest BCUT2D eigenvalue weighted by molar-refractivity contribution is 6.99. The van der Waals surface area contributed by atoms with E-state index in [1.165, 1.54) is 19.3 Å². The Morgan fingerprint density at radius 3 is 2.58 bits per heavy atom. The summed E-state index contributed by atoms with van der Waals surface area (Å²) in [4.78, 5) is 37.4. The predicted molar refractivity (Wildman–Crippen MR) is 145 cm³/mol. The van der Waals surface area contributed by atoms with Crippen molar-refractivity contribution in [2.24, 2.45) is 0 Å². The SMILES string of the molecule is C=C(C)NC.O=CN1CCN(c2nsnc2OCc2ccnc(NC(=O)OCCN3CCCCC3)n2)CC1. The van der Waals surface area contributed by atoms with Gasteiger partial charge in [0, 0.05) is 46.0 Å². The molecule has 2 saturated heterocycles. The molecule has 13 nitrogen and oxygen atoms in total. The molecule has 38 heavy (non-hydrogen) atoms. The number of amides is 2. The van der Waals surface area contributed by atoms with Crippen LogP contribution in [0, 0.1) is 0 Å². The van der Waals surface area contributed by atoms with Crippen LogP contribution >= 0.6 is 11.7 Å². The van der Waals surface area contributed by atoms with Gasteiger partial charge in [-0.25, -0.2) is 14.8 Å². The van der Waals surface area contributed by atoms with E-state index in [-0.39, 0.29) is 12.6 Å². The van der Waals surface area contributed by atoms with Gasteiger partial charge in [-0.2, -0.15) is 4.37 Å². The summed E-state index contributed by atoms with van der Waals surface area (Å²) in [6.07, 6.45) is 5.50. The summed E-state index contributed by atoms with van der Waals surface area (Å²) in [6, 6.07) is 1.70. The monoisotopic (exact) mass is 547 g/mol. The van der Waals surface area contributed by atoms with E-state index in [9.17, 15) is 9.59 Å². The molecule has 2 aliphatic rings. The molecule has 0 aliphatic carbocycles. The van der Waals surface area contributed by atoms with Gasteiger partial charge in [-0.1, -0.05) is 13.0 Å².